The van der Waals surface area contributed by atoms with Crippen molar-refractivity contribution in [1.82, 2.24) is 5.32 Å². The topological polar surface area (TPSA) is 228 Å². The molecule has 2 fully saturated rings. The van der Waals surface area contributed by atoms with E-state index in [1.165, 1.54) is 173 Å². The summed E-state index contributed by atoms with van der Waals surface area (Å²) in [5, 5.41) is 86.4. The Kier molecular flexibility index (Phi) is 45.8. The average molecular weight is 1110 g/mol. The molecule has 0 aromatic carbocycles. The van der Waals surface area contributed by atoms with E-state index in [4.69, 9.17) is 18.9 Å². The van der Waals surface area contributed by atoms with Gasteiger partial charge in [0.15, 0.2) is 12.6 Å². The fourth-order valence-corrected chi connectivity index (χ4v) is 10.4. The number of amides is 1. The van der Waals surface area contributed by atoms with Crippen LogP contribution in [0.3, 0.4) is 0 Å². The summed E-state index contributed by atoms with van der Waals surface area (Å²) in [5.74, 6) is -0.244. The number of rotatable bonds is 51. The highest BCUT2D eigenvalue weighted by atomic mass is 16.7. The molecule has 1 amide bonds. The smallest absolute Gasteiger partial charge is 0.220 e. The second-order valence-electron chi connectivity index (χ2n) is 22.5. The Bertz CT molecular complexity index is 1490. The van der Waals surface area contributed by atoms with Crippen molar-refractivity contribution >= 4 is 5.91 Å². The van der Waals surface area contributed by atoms with E-state index < -0.39 is 86.8 Å². The monoisotopic (exact) mass is 1110 g/mol. The van der Waals surface area contributed by atoms with E-state index in [2.05, 4.69) is 55.6 Å². The summed E-state index contributed by atoms with van der Waals surface area (Å²) >= 11 is 0. The van der Waals surface area contributed by atoms with Crippen molar-refractivity contribution in [1.29, 1.82) is 0 Å². The van der Waals surface area contributed by atoms with E-state index in [0.717, 1.165) is 57.8 Å². The molecule has 12 unspecified atom stereocenters. The second kappa shape index (κ2) is 49.5. The minimum absolute atomic E-state index is 0.244. The maximum absolute atomic E-state index is 13.1. The van der Waals surface area contributed by atoms with Gasteiger partial charge in [-0.1, -0.05) is 242 Å². The van der Waals surface area contributed by atoms with Crippen LogP contribution in [-0.2, 0) is 23.7 Å². The standard InChI is InChI=1S/C64H117NO13/c1-3-5-7-9-10-11-12-13-14-15-16-17-18-19-20-21-22-23-24-25-26-27-28-29-30-31-32-33-34-35-36-37-38-39-40-41-42-44-46-48-56(69)65-52(53(68)47-45-43-8-6-4-2)51-75-63-61(74)59(72)62(55(50-67)77-63)78-64-60(73)58(71)57(70)54(49-66)76-64/h12-13,15-16,18-19,45,47,52-55,57-64,66-68,70-74H,3-11,14,17,20-44,46,48-51H2,1-2H3,(H,65,69)/b13-12-,16-15-,19-18-,47-45+. The van der Waals surface area contributed by atoms with Crippen molar-refractivity contribution < 1.29 is 64.6 Å². The maximum Gasteiger partial charge on any atom is 0.220 e. The van der Waals surface area contributed by atoms with Crippen LogP contribution in [0.15, 0.2) is 48.6 Å². The molecule has 0 radical (unpaired) electrons. The van der Waals surface area contributed by atoms with Crippen molar-refractivity contribution in [3.05, 3.63) is 48.6 Å². The van der Waals surface area contributed by atoms with Gasteiger partial charge in [0.2, 0.25) is 5.91 Å². The van der Waals surface area contributed by atoms with Gasteiger partial charge in [-0.3, -0.25) is 4.79 Å². The van der Waals surface area contributed by atoms with Gasteiger partial charge in [0, 0.05) is 6.42 Å². The highest BCUT2D eigenvalue weighted by molar-refractivity contribution is 5.76. The van der Waals surface area contributed by atoms with Crippen molar-refractivity contribution in [3.8, 4) is 0 Å². The Morgan fingerprint density at radius 3 is 1.32 bits per heavy atom. The lowest BCUT2D eigenvalue weighted by molar-refractivity contribution is -0.359. The molecular weight excluding hydrogens is 991 g/mol. The summed E-state index contributed by atoms with van der Waals surface area (Å²) in [5.41, 5.74) is 0. The third-order valence-electron chi connectivity index (χ3n) is 15.5. The van der Waals surface area contributed by atoms with Crippen molar-refractivity contribution in [3.63, 3.8) is 0 Å². The van der Waals surface area contributed by atoms with Gasteiger partial charge in [-0.25, -0.2) is 0 Å². The van der Waals surface area contributed by atoms with Gasteiger partial charge in [0.1, 0.15) is 48.8 Å². The van der Waals surface area contributed by atoms with E-state index in [1.807, 2.05) is 6.08 Å². The predicted octanol–water partition coefficient (Wildman–Crippen LogP) is 11.6. The summed E-state index contributed by atoms with van der Waals surface area (Å²) in [6, 6.07) is -0.909. The van der Waals surface area contributed by atoms with E-state index in [1.54, 1.807) is 6.08 Å². The minimum Gasteiger partial charge on any atom is -0.394 e. The van der Waals surface area contributed by atoms with Crippen molar-refractivity contribution in [2.45, 2.75) is 331 Å². The lowest BCUT2D eigenvalue weighted by Gasteiger charge is -2.46. The summed E-state index contributed by atoms with van der Waals surface area (Å²) in [7, 11) is 0. The van der Waals surface area contributed by atoms with Crippen molar-refractivity contribution in [2.24, 2.45) is 0 Å². The minimum atomic E-state index is -1.79. The number of allylic oxidation sites excluding steroid dienone is 7. The molecule has 0 saturated carbocycles. The Hall–Kier alpha value is -2.05. The summed E-state index contributed by atoms with van der Waals surface area (Å²) in [4.78, 5) is 13.1. The Balaban J connectivity index is 1.47. The molecule has 456 valence electrons. The van der Waals surface area contributed by atoms with Gasteiger partial charge in [-0.2, -0.15) is 0 Å². The molecule has 9 N–H and O–H groups in total. The molecule has 2 heterocycles. The molecule has 0 aromatic heterocycles. The summed E-state index contributed by atoms with van der Waals surface area (Å²) in [6.45, 7) is 2.66. The fraction of sp³-hybridized carbons (Fsp3) is 0.859. The Labute approximate surface area is 473 Å². The lowest BCUT2D eigenvalue weighted by atomic mass is 9.97. The van der Waals surface area contributed by atoms with E-state index in [9.17, 15) is 45.6 Å². The normalized spacial score (nSPS) is 24.8. The van der Waals surface area contributed by atoms with Crippen LogP contribution in [0.25, 0.3) is 0 Å². The first-order valence-corrected chi connectivity index (χ1v) is 31.9. The molecular formula is C64H117NO13. The molecule has 12 atom stereocenters. The molecule has 0 bridgehead atoms. The van der Waals surface area contributed by atoms with E-state index in [-0.39, 0.29) is 18.9 Å². The number of ether oxygens (including phenoxy) is 4. The van der Waals surface area contributed by atoms with Crippen LogP contribution in [0.2, 0.25) is 0 Å². The number of carbonyl (C=O) groups excluding carboxylic acids is 1. The van der Waals surface area contributed by atoms with Gasteiger partial charge in [0.25, 0.3) is 0 Å². The molecule has 2 aliphatic heterocycles. The number of aliphatic hydroxyl groups is 8. The van der Waals surface area contributed by atoms with Gasteiger partial charge in [-0.05, 0) is 57.8 Å². The molecule has 2 aliphatic rings. The highest BCUT2D eigenvalue weighted by Gasteiger charge is 2.51. The van der Waals surface area contributed by atoms with Crippen LogP contribution in [0.4, 0.5) is 0 Å². The third kappa shape index (κ3) is 34.4. The second-order valence-corrected chi connectivity index (χ2v) is 22.5. The molecule has 2 rings (SSSR count). The van der Waals surface area contributed by atoms with Crippen LogP contribution in [0.1, 0.15) is 258 Å². The van der Waals surface area contributed by atoms with Crippen LogP contribution < -0.4 is 5.32 Å². The van der Waals surface area contributed by atoms with Gasteiger partial charge < -0.3 is 65.1 Å². The maximum atomic E-state index is 13.1. The Morgan fingerprint density at radius 1 is 0.462 bits per heavy atom. The summed E-state index contributed by atoms with van der Waals surface area (Å²) in [6.07, 6.45) is 47.0. The SMILES string of the molecule is CCCCC/C=C/C(O)C(COC1OC(CO)C(OC2OC(CO)C(O)C(O)C2O)C(O)C1O)NC(=O)CCCCCCCCCCCCCCCCCCCCCCCCCC/C=C\C/C=C\C/C=C\CCCCCCC. The number of unbranched alkanes of at least 4 members (excludes halogenated alkanes) is 32. The molecule has 14 heteroatoms. The summed E-state index contributed by atoms with van der Waals surface area (Å²) < 4.78 is 22.6. The zero-order valence-electron chi connectivity index (χ0n) is 49.2. The quantitative estimate of drug-likeness (QED) is 0.0204. The van der Waals surface area contributed by atoms with E-state index >= 15 is 0 Å². The average Bonchev–Trinajstić information content (AvgIpc) is 3.47. The van der Waals surface area contributed by atoms with E-state index in [0.29, 0.717) is 6.42 Å². The highest BCUT2D eigenvalue weighted by Crippen LogP contribution is 2.30. The third-order valence-corrected chi connectivity index (χ3v) is 15.5. The first-order valence-electron chi connectivity index (χ1n) is 31.9. The molecule has 78 heavy (non-hydrogen) atoms. The first kappa shape index (κ1) is 72.1. The van der Waals surface area contributed by atoms with Gasteiger partial charge >= 0.3 is 0 Å². The molecule has 2 saturated heterocycles. The largest absolute Gasteiger partial charge is 0.394 e. The number of aliphatic hydroxyl groups excluding tert-OH is 8. The molecule has 0 aromatic rings. The number of nitrogens with one attached hydrogen (secondary N) is 1. The lowest BCUT2D eigenvalue weighted by Crippen LogP contribution is -2.65. The zero-order valence-corrected chi connectivity index (χ0v) is 49.2. The van der Waals surface area contributed by atoms with Crippen LogP contribution in [0, 0.1) is 0 Å². The van der Waals surface area contributed by atoms with Crippen LogP contribution in [-0.4, -0.2) is 140 Å². The zero-order chi connectivity index (χ0) is 56.7. The molecule has 0 aliphatic carbocycles. The molecule has 0 spiro atoms. The first-order chi connectivity index (χ1) is 38.1. The van der Waals surface area contributed by atoms with Crippen LogP contribution >= 0.6 is 0 Å². The van der Waals surface area contributed by atoms with Gasteiger partial charge in [0.05, 0.1) is 32.0 Å². The fourth-order valence-electron chi connectivity index (χ4n) is 10.4. The number of carbonyl (C=O) groups is 1. The number of hydrogen-bond donors (Lipinski definition) is 9. The Morgan fingerprint density at radius 2 is 0.846 bits per heavy atom. The predicted molar refractivity (Wildman–Crippen MR) is 314 cm³/mol. The van der Waals surface area contributed by atoms with Gasteiger partial charge in [-0.15, -0.1) is 0 Å². The number of hydrogen-bond acceptors (Lipinski definition) is 13. The molecule has 14 nitrogen and oxygen atoms in total. The van der Waals surface area contributed by atoms with Crippen LogP contribution in [0.5, 0.6) is 0 Å². The van der Waals surface area contributed by atoms with Crippen molar-refractivity contribution in [2.75, 3.05) is 19.8 Å².